The first-order chi connectivity index (χ1) is 9.19. The Morgan fingerprint density at radius 2 is 2.05 bits per heavy atom. The number of benzene rings is 1. The molecule has 0 bridgehead atoms. The zero-order valence-corrected chi connectivity index (χ0v) is 11.9. The smallest absolute Gasteiger partial charge is 0.313 e. The molecule has 0 aliphatic heterocycles. The number of ketones is 1. The van der Waals surface area contributed by atoms with Gasteiger partial charge in [0.25, 0.3) is 0 Å². The van der Waals surface area contributed by atoms with Gasteiger partial charge >= 0.3 is 5.97 Å². The largest absolute Gasteiger partial charge is 0.466 e. The maximum atomic E-state index is 11.6. The van der Waals surface area contributed by atoms with E-state index < -0.39 is 5.97 Å². The average molecular weight is 278 g/mol. The molecule has 0 aromatic heterocycles. The molecule has 4 heteroatoms. The Morgan fingerprint density at radius 1 is 1.26 bits per heavy atom. The van der Waals surface area contributed by atoms with E-state index in [1.165, 1.54) is 35.7 Å². The Morgan fingerprint density at radius 3 is 2.84 bits per heavy atom. The fraction of sp³-hybridized carbons (Fsp3) is 0.467. The van der Waals surface area contributed by atoms with E-state index in [1.54, 1.807) is 6.92 Å². The van der Waals surface area contributed by atoms with Gasteiger partial charge in [-0.2, -0.15) is 0 Å². The van der Waals surface area contributed by atoms with Crippen molar-refractivity contribution in [1.29, 1.82) is 0 Å². The first-order valence-corrected chi connectivity index (χ1v) is 7.59. The van der Waals surface area contributed by atoms with Gasteiger partial charge in [-0.25, -0.2) is 0 Å². The summed E-state index contributed by atoms with van der Waals surface area (Å²) in [6.07, 6.45) is 3.42. The van der Waals surface area contributed by atoms with Crippen LogP contribution < -0.4 is 0 Å². The van der Waals surface area contributed by atoms with Crippen LogP contribution in [0.1, 0.15) is 30.9 Å². The van der Waals surface area contributed by atoms with Crippen LogP contribution in [0.15, 0.2) is 23.1 Å². The molecule has 3 nitrogen and oxygen atoms in total. The fourth-order valence-corrected chi connectivity index (χ4v) is 3.05. The lowest BCUT2D eigenvalue weighted by Crippen LogP contribution is -2.12. The number of aryl methyl sites for hydroxylation is 2. The van der Waals surface area contributed by atoms with E-state index in [4.69, 9.17) is 4.74 Å². The molecule has 0 unspecified atom stereocenters. The monoisotopic (exact) mass is 278 g/mol. The maximum absolute atomic E-state index is 11.6. The predicted octanol–water partition coefficient (Wildman–Crippen LogP) is 2.79. The van der Waals surface area contributed by atoms with Crippen LogP contribution in [-0.2, 0) is 27.2 Å². The van der Waals surface area contributed by atoms with Crippen molar-refractivity contribution in [2.45, 2.75) is 37.5 Å². The number of Topliss-reactive ketones (excluding diaryl/α,β-unsaturated/α-hetero) is 1. The Kier molecular flexibility index (Phi) is 5.02. The summed E-state index contributed by atoms with van der Waals surface area (Å²) < 4.78 is 4.76. The number of hydrogen-bond donors (Lipinski definition) is 0. The van der Waals surface area contributed by atoms with Crippen molar-refractivity contribution < 1.29 is 14.3 Å². The fourth-order valence-electron chi connectivity index (χ4n) is 2.23. The summed E-state index contributed by atoms with van der Waals surface area (Å²) >= 11 is 1.50. The van der Waals surface area contributed by atoms with Crippen LogP contribution in [-0.4, -0.2) is 24.1 Å². The molecule has 102 valence electrons. The van der Waals surface area contributed by atoms with Gasteiger partial charge in [-0.15, -0.1) is 11.8 Å². The standard InChI is InChI=1S/C15H18O3S/c1-2-18-15(17)9-13(16)10-19-14-7-6-11-4-3-5-12(11)8-14/h6-8H,2-5,9-10H2,1H3. The number of fused-ring (bicyclic) bond motifs is 1. The first-order valence-electron chi connectivity index (χ1n) is 6.61. The van der Waals surface area contributed by atoms with Crippen molar-refractivity contribution in [3.05, 3.63) is 29.3 Å². The molecule has 1 aliphatic carbocycles. The third-order valence-electron chi connectivity index (χ3n) is 3.12. The predicted molar refractivity (Wildman–Crippen MR) is 75.4 cm³/mol. The maximum Gasteiger partial charge on any atom is 0.313 e. The number of thioether (sulfide) groups is 1. The summed E-state index contributed by atoms with van der Waals surface area (Å²) in [5, 5.41) is 0. The molecule has 0 heterocycles. The molecule has 0 radical (unpaired) electrons. The van der Waals surface area contributed by atoms with Gasteiger partial charge in [0.15, 0.2) is 5.78 Å². The third-order valence-corrected chi connectivity index (χ3v) is 4.17. The average Bonchev–Trinajstić information content (AvgIpc) is 2.83. The van der Waals surface area contributed by atoms with E-state index in [1.807, 2.05) is 0 Å². The Balaban J connectivity index is 1.82. The van der Waals surface area contributed by atoms with Crippen molar-refractivity contribution in [3.8, 4) is 0 Å². The lowest BCUT2D eigenvalue weighted by Gasteiger charge is -2.04. The van der Waals surface area contributed by atoms with Crippen molar-refractivity contribution in [3.63, 3.8) is 0 Å². The Bertz CT molecular complexity index is 482. The third kappa shape index (κ3) is 4.10. The lowest BCUT2D eigenvalue weighted by atomic mass is 10.1. The van der Waals surface area contributed by atoms with Crippen LogP contribution in [0.2, 0.25) is 0 Å². The van der Waals surface area contributed by atoms with Gasteiger partial charge in [0.05, 0.1) is 12.4 Å². The van der Waals surface area contributed by atoms with Crippen LogP contribution in [0.3, 0.4) is 0 Å². The second-order valence-electron chi connectivity index (χ2n) is 4.59. The zero-order chi connectivity index (χ0) is 13.7. The first kappa shape index (κ1) is 14.1. The molecule has 0 spiro atoms. The lowest BCUT2D eigenvalue weighted by molar-refractivity contribution is -0.145. The zero-order valence-electron chi connectivity index (χ0n) is 11.1. The van der Waals surface area contributed by atoms with Crippen LogP contribution in [0.4, 0.5) is 0 Å². The number of esters is 1. The quantitative estimate of drug-likeness (QED) is 0.456. The molecule has 0 atom stereocenters. The minimum Gasteiger partial charge on any atom is -0.466 e. The number of carbonyl (C=O) groups is 2. The van der Waals surface area contributed by atoms with Gasteiger partial charge in [0.2, 0.25) is 0 Å². The van der Waals surface area contributed by atoms with Gasteiger partial charge < -0.3 is 4.74 Å². The number of ether oxygens (including phenoxy) is 1. The van der Waals surface area contributed by atoms with E-state index in [-0.39, 0.29) is 12.2 Å². The molecule has 0 fully saturated rings. The van der Waals surface area contributed by atoms with Crippen molar-refractivity contribution in [1.82, 2.24) is 0 Å². The number of rotatable bonds is 6. The molecular weight excluding hydrogens is 260 g/mol. The molecule has 0 amide bonds. The van der Waals surface area contributed by atoms with E-state index in [2.05, 4.69) is 18.2 Å². The SMILES string of the molecule is CCOC(=O)CC(=O)CSc1ccc2c(c1)CCC2. The Labute approximate surface area is 117 Å². The molecule has 1 aliphatic rings. The molecule has 0 saturated heterocycles. The summed E-state index contributed by atoms with van der Waals surface area (Å²) in [6.45, 7) is 2.06. The topological polar surface area (TPSA) is 43.4 Å². The Hall–Kier alpha value is -1.29. The van der Waals surface area contributed by atoms with Crippen LogP contribution in [0, 0.1) is 0 Å². The minimum atomic E-state index is -0.429. The van der Waals surface area contributed by atoms with Crippen LogP contribution in [0.5, 0.6) is 0 Å². The molecular formula is C15H18O3S. The van der Waals surface area contributed by atoms with Gasteiger partial charge in [-0.1, -0.05) is 6.07 Å². The summed E-state index contributed by atoms with van der Waals surface area (Å²) in [7, 11) is 0. The molecule has 0 N–H and O–H groups in total. The highest BCUT2D eigenvalue weighted by Gasteiger charge is 2.13. The number of carbonyl (C=O) groups excluding carboxylic acids is 2. The van der Waals surface area contributed by atoms with Gasteiger partial charge in [-0.05, 0) is 49.4 Å². The summed E-state index contributed by atoms with van der Waals surface area (Å²) in [6, 6.07) is 6.39. The van der Waals surface area contributed by atoms with Crippen LogP contribution >= 0.6 is 11.8 Å². The van der Waals surface area contributed by atoms with E-state index >= 15 is 0 Å². The van der Waals surface area contributed by atoms with Gasteiger partial charge in [0.1, 0.15) is 6.42 Å². The summed E-state index contributed by atoms with van der Waals surface area (Å²) in [5.41, 5.74) is 2.84. The molecule has 2 rings (SSSR count). The molecule has 0 saturated carbocycles. The molecule has 1 aromatic carbocycles. The highest BCUT2D eigenvalue weighted by molar-refractivity contribution is 8.00. The molecule has 1 aromatic rings. The highest BCUT2D eigenvalue weighted by atomic mass is 32.2. The van der Waals surface area contributed by atoms with Gasteiger partial charge in [-0.3, -0.25) is 9.59 Å². The van der Waals surface area contributed by atoms with E-state index in [9.17, 15) is 9.59 Å². The van der Waals surface area contributed by atoms with E-state index in [0.29, 0.717) is 12.4 Å². The normalized spacial score (nSPS) is 13.1. The van der Waals surface area contributed by atoms with Gasteiger partial charge in [0, 0.05) is 4.90 Å². The summed E-state index contributed by atoms with van der Waals surface area (Å²) in [4.78, 5) is 23.9. The minimum absolute atomic E-state index is 0.0797. The second kappa shape index (κ2) is 6.75. The highest BCUT2D eigenvalue weighted by Crippen LogP contribution is 2.27. The van der Waals surface area contributed by atoms with Crippen molar-refractivity contribution in [2.24, 2.45) is 0 Å². The van der Waals surface area contributed by atoms with Crippen LogP contribution in [0.25, 0.3) is 0 Å². The molecule has 19 heavy (non-hydrogen) atoms. The van der Waals surface area contributed by atoms with E-state index in [0.717, 1.165) is 11.3 Å². The van der Waals surface area contributed by atoms with Crippen molar-refractivity contribution in [2.75, 3.05) is 12.4 Å². The second-order valence-corrected chi connectivity index (χ2v) is 5.64. The summed E-state index contributed by atoms with van der Waals surface area (Å²) in [5.74, 6) is -0.177. The number of hydrogen-bond acceptors (Lipinski definition) is 4. The van der Waals surface area contributed by atoms with Crippen molar-refractivity contribution >= 4 is 23.5 Å².